The average molecular weight is 256 g/mol. The van der Waals surface area contributed by atoms with Gasteiger partial charge in [-0.25, -0.2) is 15.0 Å². The normalized spacial score (nSPS) is 10.7. The number of aromatic nitrogens is 4. The number of nitrogen functional groups attached to an aromatic ring is 1. The summed E-state index contributed by atoms with van der Waals surface area (Å²) in [5.74, 6) is -0.0160. The highest BCUT2D eigenvalue weighted by atomic mass is 16.6. The first-order valence-electron chi connectivity index (χ1n) is 5.36. The van der Waals surface area contributed by atoms with Gasteiger partial charge in [-0.3, -0.25) is 14.5 Å². The molecule has 3 rings (SSSR count). The summed E-state index contributed by atoms with van der Waals surface area (Å²) in [6.07, 6.45) is 4.41. The van der Waals surface area contributed by atoms with Gasteiger partial charge in [-0.2, -0.15) is 0 Å². The van der Waals surface area contributed by atoms with Crippen LogP contribution in [0, 0.1) is 10.1 Å². The van der Waals surface area contributed by atoms with E-state index in [4.69, 9.17) is 5.73 Å². The van der Waals surface area contributed by atoms with Crippen LogP contribution in [0.4, 0.5) is 11.6 Å². The van der Waals surface area contributed by atoms with Crippen molar-refractivity contribution < 1.29 is 4.92 Å². The highest BCUT2D eigenvalue weighted by Gasteiger charge is 2.20. The van der Waals surface area contributed by atoms with Crippen molar-refractivity contribution in [2.75, 3.05) is 5.73 Å². The van der Waals surface area contributed by atoms with E-state index in [1.165, 1.54) is 0 Å². The third kappa shape index (κ3) is 1.75. The van der Waals surface area contributed by atoms with Gasteiger partial charge in [0.05, 0.1) is 10.6 Å². The molecular weight excluding hydrogens is 248 g/mol. The molecule has 3 aromatic heterocycles. The third-order valence-corrected chi connectivity index (χ3v) is 2.66. The van der Waals surface area contributed by atoms with Crippen LogP contribution in [0.3, 0.4) is 0 Å². The minimum atomic E-state index is -0.537. The highest BCUT2D eigenvalue weighted by molar-refractivity contribution is 5.69. The number of fused-ring (bicyclic) bond motifs is 1. The van der Waals surface area contributed by atoms with E-state index in [1.807, 2.05) is 0 Å². The van der Waals surface area contributed by atoms with Gasteiger partial charge in [-0.1, -0.05) is 6.07 Å². The van der Waals surface area contributed by atoms with E-state index >= 15 is 0 Å². The Morgan fingerprint density at radius 2 is 2.16 bits per heavy atom. The first-order valence-corrected chi connectivity index (χ1v) is 5.36. The molecule has 94 valence electrons. The van der Waals surface area contributed by atoms with Crippen molar-refractivity contribution in [3.8, 4) is 11.4 Å². The van der Waals surface area contributed by atoms with Gasteiger partial charge in [-0.05, 0) is 12.1 Å². The second-order valence-electron chi connectivity index (χ2n) is 3.79. The van der Waals surface area contributed by atoms with Crippen LogP contribution >= 0.6 is 0 Å². The predicted octanol–water partition coefficient (Wildman–Crippen LogP) is 1.28. The minimum absolute atomic E-state index is 0.0160. The number of nitrogens with two attached hydrogens (primary N) is 1. The molecule has 0 amide bonds. The van der Waals surface area contributed by atoms with E-state index in [9.17, 15) is 10.1 Å². The lowest BCUT2D eigenvalue weighted by Crippen LogP contribution is -2.03. The Balaban J connectivity index is 2.35. The molecule has 3 heterocycles. The van der Waals surface area contributed by atoms with Crippen LogP contribution < -0.4 is 5.73 Å². The van der Waals surface area contributed by atoms with E-state index < -0.39 is 4.92 Å². The first kappa shape index (κ1) is 11.1. The summed E-state index contributed by atoms with van der Waals surface area (Å²) in [6, 6.07) is 5.25. The van der Waals surface area contributed by atoms with E-state index in [0.717, 1.165) is 6.20 Å². The predicted molar refractivity (Wildman–Crippen MR) is 67.3 cm³/mol. The van der Waals surface area contributed by atoms with Crippen molar-refractivity contribution in [2.45, 2.75) is 0 Å². The summed E-state index contributed by atoms with van der Waals surface area (Å²) in [5, 5.41) is 11.0. The zero-order valence-corrected chi connectivity index (χ0v) is 9.59. The Kier molecular flexibility index (Phi) is 2.34. The largest absolute Gasteiger partial charge is 0.368 e. The van der Waals surface area contributed by atoms with Gasteiger partial charge in [0.2, 0.25) is 5.95 Å². The number of anilines is 1. The summed E-state index contributed by atoms with van der Waals surface area (Å²) >= 11 is 0. The standard InChI is InChI=1S/C11H8N6O2/c12-11-14-6-8(17(18)19)10(15-11)7-2-1-3-9-13-4-5-16(7)9/h1-6H,(H2,12,14,15). The quantitative estimate of drug-likeness (QED) is 0.546. The Hall–Kier alpha value is -3.03. The zero-order chi connectivity index (χ0) is 13.4. The minimum Gasteiger partial charge on any atom is -0.368 e. The van der Waals surface area contributed by atoms with Crippen LogP contribution in [-0.2, 0) is 0 Å². The van der Waals surface area contributed by atoms with Gasteiger partial charge < -0.3 is 5.73 Å². The smallest absolute Gasteiger partial charge is 0.315 e. The van der Waals surface area contributed by atoms with E-state index in [2.05, 4.69) is 15.0 Å². The van der Waals surface area contributed by atoms with Crippen LogP contribution in [0.1, 0.15) is 0 Å². The molecule has 0 bridgehead atoms. The number of imidazole rings is 1. The molecule has 3 aromatic rings. The molecule has 8 heteroatoms. The summed E-state index contributed by atoms with van der Waals surface area (Å²) < 4.78 is 1.70. The molecular formula is C11H8N6O2. The number of rotatable bonds is 2. The summed E-state index contributed by atoms with van der Waals surface area (Å²) in [6.45, 7) is 0. The fraction of sp³-hybridized carbons (Fsp3) is 0. The molecule has 0 saturated carbocycles. The number of hydrogen-bond donors (Lipinski definition) is 1. The first-order chi connectivity index (χ1) is 9.16. The third-order valence-electron chi connectivity index (χ3n) is 2.66. The van der Waals surface area contributed by atoms with Crippen LogP contribution in [0.5, 0.6) is 0 Å². The van der Waals surface area contributed by atoms with Crippen LogP contribution in [0.2, 0.25) is 0 Å². The lowest BCUT2D eigenvalue weighted by Gasteiger charge is -2.05. The average Bonchev–Trinajstić information content (AvgIpc) is 2.86. The second kappa shape index (κ2) is 4.02. The molecule has 0 unspecified atom stereocenters. The van der Waals surface area contributed by atoms with Gasteiger partial charge in [0.25, 0.3) is 0 Å². The second-order valence-corrected chi connectivity index (χ2v) is 3.79. The van der Waals surface area contributed by atoms with Gasteiger partial charge in [-0.15, -0.1) is 0 Å². The van der Waals surface area contributed by atoms with Crippen molar-refractivity contribution >= 4 is 17.3 Å². The molecule has 0 aliphatic carbocycles. The Bertz CT molecular complexity index is 782. The SMILES string of the molecule is Nc1ncc([N+](=O)[O-])c(-c2cccc3nccn23)n1. The van der Waals surface area contributed by atoms with E-state index in [0.29, 0.717) is 11.3 Å². The monoisotopic (exact) mass is 256 g/mol. The highest BCUT2D eigenvalue weighted by Crippen LogP contribution is 2.27. The van der Waals surface area contributed by atoms with Gasteiger partial charge in [0, 0.05) is 12.4 Å². The van der Waals surface area contributed by atoms with Gasteiger partial charge >= 0.3 is 5.69 Å². The van der Waals surface area contributed by atoms with Crippen LogP contribution in [-0.4, -0.2) is 24.3 Å². The van der Waals surface area contributed by atoms with Gasteiger partial charge in [0.15, 0.2) is 5.69 Å². The Morgan fingerprint density at radius 3 is 2.95 bits per heavy atom. The molecule has 0 fully saturated rings. The Labute approximate surface area is 106 Å². The van der Waals surface area contributed by atoms with E-state index in [1.54, 1.807) is 35.0 Å². The molecule has 0 atom stereocenters. The number of hydrogen-bond acceptors (Lipinski definition) is 6. The summed E-state index contributed by atoms with van der Waals surface area (Å²) in [4.78, 5) is 22.2. The van der Waals surface area contributed by atoms with Crippen molar-refractivity contribution in [3.63, 3.8) is 0 Å². The van der Waals surface area contributed by atoms with Crippen molar-refractivity contribution in [1.82, 2.24) is 19.4 Å². The van der Waals surface area contributed by atoms with Crippen LogP contribution in [0.25, 0.3) is 17.0 Å². The summed E-state index contributed by atoms with van der Waals surface area (Å²) in [7, 11) is 0. The molecule has 0 aliphatic rings. The topological polar surface area (TPSA) is 112 Å². The molecule has 8 nitrogen and oxygen atoms in total. The van der Waals surface area contributed by atoms with Crippen LogP contribution in [0.15, 0.2) is 36.8 Å². The molecule has 19 heavy (non-hydrogen) atoms. The Morgan fingerprint density at radius 1 is 1.32 bits per heavy atom. The maximum Gasteiger partial charge on any atom is 0.315 e. The molecule has 0 radical (unpaired) electrons. The molecule has 0 spiro atoms. The lowest BCUT2D eigenvalue weighted by molar-refractivity contribution is -0.384. The van der Waals surface area contributed by atoms with Crippen molar-refractivity contribution in [2.24, 2.45) is 0 Å². The molecule has 0 aliphatic heterocycles. The zero-order valence-electron chi connectivity index (χ0n) is 9.59. The maximum absolute atomic E-state index is 11.0. The van der Waals surface area contributed by atoms with Crippen molar-refractivity contribution in [1.29, 1.82) is 0 Å². The van der Waals surface area contributed by atoms with Gasteiger partial charge in [0.1, 0.15) is 11.8 Å². The fourth-order valence-electron chi connectivity index (χ4n) is 1.85. The number of nitro groups is 1. The maximum atomic E-state index is 11.0. The molecule has 0 aromatic carbocycles. The number of pyridine rings is 1. The fourth-order valence-corrected chi connectivity index (χ4v) is 1.85. The molecule has 0 saturated heterocycles. The molecule has 2 N–H and O–H groups in total. The number of nitrogens with zero attached hydrogens (tertiary/aromatic N) is 5. The van der Waals surface area contributed by atoms with Crippen molar-refractivity contribution in [3.05, 3.63) is 46.9 Å². The lowest BCUT2D eigenvalue weighted by atomic mass is 10.2. The van der Waals surface area contributed by atoms with E-state index in [-0.39, 0.29) is 17.3 Å². The summed E-state index contributed by atoms with van der Waals surface area (Å²) in [5.41, 5.74) is 6.69.